The average Bonchev–Trinajstić information content (AvgIpc) is 2.76. The fraction of sp³-hybridized carbons (Fsp3) is 0.462. The molecule has 0 aliphatic heterocycles. The molecule has 0 saturated heterocycles. The summed E-state index contributed by atoms with van der Waals surface area (Å²) in [5.74, 6) is 0.612. The Morgan fingerprint density at radius 2 is 1.52 bits per heavy atom. The summed E-state index contributed by atoms with van der Waals surface area (Å²) in [6, 6.07) is 14.7. The summed E-state index contributed by atoms with van der Waals surface area (Å²) < 4.78 is 5.15. The van der Waals surface area contributed by atoms with Gasteiger partial charge < -0.3 is 15.4 Å². The van der Waals surface area contributed by atoms with Crippen molar-refractivity contribution in [2.45, 2.75) is 59.4 Å². The van der Waals surface area contributed by atoms with Gasteiger partial charge in [-0.1, -0.05) is 58.4 Å². The zero-order chi connectivity index (χ0) is 23.0. The number of ether oxygens (including phenoxy) is 1. The zero-order valence-corrected chi connectivity index (χ0v) is 19.6. The third-order valence-electron chi connectivity index (χ3n) is 5.67. The summed E-state index contributed by atoms with van der Waals surface area (Å²) in [7, 11) is 1.60. The zero-order valence-electron chi connectivity index (χ0n) is 19.6. The molecule has 0 aliphatic carbocycles. The largest absolute Gasteiger partial charge is 0.497 e. The van der Waals surface area contributed by atoms with E-state index >= 15 is 0 Å². The number of anilines is 1. The molecule has 2 N–H and O–H groups in total. The molecule has 0 heterocycles. The molecule has 0 radical (unpaired) electrons. The molecule has 2 amide bonds. The van der Waals surface area contributed by atoms with Crippen LogP contribution in [0.4, 0.5) is 5.69 Å². The molecular weight excluding hydrogens is 388 g/mol. The summed E-state index contributed by atoms with van der Waals surface area (Å²) in [4.78, 5) is 25.9. The van der Waals surface area contributed by atoms with Gasteiger partial charge in [0.2, 0.25) is 11.8 Å². The van der Waals surface area contributed by atoms with E-state index in [1.807, 2.05) is 32.9 Å². The van der Waals surface area contributed by atoms with Gasteiger partial charge in [0, 0.05) is 5.69 Å². The molecule has 5 nitrogen and oxygen atoms in total. The highest BCUT2D eigenvalue weighted by Crippen LogP contribution is 2.20. The van der Waals surface area contributed by atoms with Crippen molar-refractivity contribution in [3.8, 4) is 5.75 Å². The number of carbonyl (C=O) groups is 2. The normalized spacial score (nSPS) is 13.9. The van der Waals surface area contributed by atoms with E-state index in [2.05, 4.69) is 36.6 Å². The van der Waals surface area contributed by atoms with Crippen LogP contribution >= 0.6 is 0 Å². The molecular formula is C26H36N2O3. The van der Waals surface area contributed by atoms with Crippen molar-refractivity contribution in [1.29, 1.82) is 0 Å². The molecule has 5 heteroatoms. The standard InChI is InChI=1S/C26H36N2O3/c1-7-18(4)24(26(30)27-22-12-14-23(31-6)15-13-22)28-25(29)19(5)21-10-8-20(9-11-21)16-17(2)3/h8-15,17-19,24H,7,16H2,1-6H3,(H,27,30)(H,28,29)/t18-,19?,24+/m0/s1. The van der Waals surface area contributed by atoms with Crippen LogP contribution in [0.15, 0.2) is 48.5 Å². The minimum atomic E-state index is -0.609. The lowest BCUT2D eigenvalue weighted by atomic mass is 9.94. The van der Waals surface area contributed by atoms with Crippen LogP contribution in [0, 0.1) is 11.8 Å². The highest BCUT2D eigenvalue weighted by atomic mass is 16.5. The molecule has 2 aromatic carbocycles. The maximum Gasteiger partial charge on any atom is 0.247 e. The minimum Gasteiger partial charge on any atom is -0.497 e. The summed E-state index contributed by atoms with van der Waals surface area (Å²) >= 11 is 0. The number of hydrogen-bond donors (Lipinski definition) is 2. The predicted octanol–water partition coefficient (Wildman–Crippen LogP) is 5.17. The number of hydrogen-bond acceptors (Lipinski definition) is 3. The molecule has 0 saturated carbocycles. The summed E-state index contributed by atoms with van der Waals surface area (Å²) in [5, 5.41) is 5.89. The van der Waals surface area contributed by atoms with Gasteiger partial charge >= 0.3 is 0 Å². The second-order valence-corrected chi connectivity index (χ2v) is 8.65. The van der Waals surface area contributed by atoms with Crippen LogP contribution < -0.4 is 15.4 Å². The Labute approximate surface area is 186 Å². The van der Waals surface area contributed by atoms with Crippen LogP contribution in [0.2, 0.25) is 0 Å². The highest BCUT2D eigenvalue weighted by Gasteiger charge is 2.28. The van der Waals surface area contributed by atoms with E-state index in [1.54, 1.807) is 31.4 Å². The van der Waals surface area contributed by atoms with Crippen LogP contribution in [0.1, 0.15) is 58.1 Å². The van der Waals surface area contributed by atoms with E-state index in [0.717, 1.165) is 24.2 Å². The van der Waals surface area contributed by atoms with Crippen molar-refractivity contribution >= 4 is 17.5 Å². The van der Waals surface area contributed by atoms with Gasteiger partial charge in [0.25, 0.3) is 0 Å². The van der Waals surface area contributed by atoms with Crippen molar-refractivity contribution in [2.75, 3.05) is 12.4 Å². The second-order valence-electron chi connectivity index (χ2n) is 8.65. The van der Waals surface area contributed by atoms with Crippen LogP contribution in [0.25, 0.3) is 0 Å². The number of methoxy groups -OCH3 is 1. The molecule has 1 unspecified atom stereocenters. The summed E-state index contributed by atoms with van der Waals surface area (Å²) in [6.45, 7) is 10.2. The summed E-state index contributed by atoms with van der Waals surface area (Å²) in [5.41, 5.74) is 2.88. The van der Waals surface area contributed by atoms with Gasteiger partial charge in [-0.25, -0.2) is 0 Å². The lowest BCUT2D eigenvalue weighted by Crippen LogP contribution is -2.48. The first-order valence-corrected chi connectivity index (χ1v) is 11.1. The monoisotopic (exact) mass is 424 g/mol. The quantitative estimate of drug-likeness (QED) is 0.553. The van der Waals surface area contributed by atoms with Gasteiger partial charge in [0.1, 0.15) is 11.8 Å². The number of nitrogens with one attached hydrogen (secondary N) is 2. The number of benzene rings is 2. The number of carbonyl (C=O) groups excluding carboxylic acids is 2. The molecule has 168 valence electrons. The molecule has 0 bridgehead atoms. The molecule has 2 rings (SSSR count). The molecule has 31 heavy (non-hydrogen) atoms. The van der Waals surface area contributed by atoms with Crippen LogP contribution in [-0.4, -0.2) is 25.0 Å². The van der Waals surface area contributed by atoms with E-state index in [-0.39, 0.29) is 23.7 Å². The fourth-order valence-corrected chi connectivity index (χ4v) is 3.44. The van der Waals surface area contributed by atoms with Crippen molar-refractivity contribution < 1.29 is 14.3 Å². The van der Waals surface area contributed by atoms with Crippen LogP contribution in [-0.2, 0) is 16.0 Å². The Morgan fingerprint density at radius 1 is 0.903 bits per heavy atom. The highest BCUT2D eigenvalue weighted by molar-refractivity contribution is 5.98. The van der Waals surface area contributed by atoms with Crippen molar-refractivity contribution in [3.05, 3.63) is 59.7 Å². The molecule has 0 spiro atoms. The van der Waals surface area contributed by atoms with Crippen molar-refractivity contribution in [3.63, 3.8) is 0 Å². The van der Waals surface area contributed by atoms with Gasteiger partial charge in [-0.15, -0.1) is 0 Å². The summed E-state index contributed by atoms with van der Waals surface area (Å²) in [6.07, 6.45) is 1.79. The Kier molecular flexibility index (Phi) is 9.10. The second kappa shape index (κ2) is 11.5. The Bertz CT molecular complexity index is 844. The smallest absolute Gasteiger partial charge is 0.247 e. The van der Waals surface area contributed by atoms with Crippen molar-refractivity contribution in [1.82, 2.24) is 5.32 Å². The topological polar surface area (TPSA) is 67.4 Å². The van der Waals surface area contributed by atoms with Crippen LogP contribution in [0.5, 0.6) is 5.75 Å². The Balaban J connectivity index is 2.07. The molecule has 0 fully saturated rings. The van der Waals surface area contributed by atoms with E-state index in [1.165, 1.54) is 5.56 Å². The van der Waals surface area contributed by atoms with E-state index in [4.69, 9.17) is 4.74 Å². The lowest BCUT2D eigenvalue weighted by molar-refractivity contribution is -0.128. The van der Waals surface area contributed by atoms with Gasteiger partial charge in [0.15, 0.2) is 0 Å². The maximum absolute atomic E-state index is 13.0. The van der Waals surface area contributed by atoms with Gasteiger partial charge in [-0.3, -0.25) is 9.59 Å². The first-order valence-electron chi connectivity index (χ1n) is 11.1. The Hall–Kier alpha value is -2.82. The third kappa shape index (κ3) is 7.12. The SMILES string of the molecule is CC[C@H](C)[C@@H](NC(=O)C(C)c1ccc(CC(C)C)cc1)C(=O)Nc1ccc(OC)cc1. The Morgan fingerprint density at radius 3 is 2.03 bits per heavy atom. The van der Waals surface area contributed by atoms with Gasteiger partial charge in [-0.05, 0) is 60.6 Å². The first kappa shape index (κ1) is 24.4. The van der Waals surface area contributed by atoms with E-state index in [0.29, 0.717) is 11.6 Å². The average molecular weight is 425 g/mol. The lowest BCUT2D eigenvalue weighted by Gasteiger charge is -2.25. The third-order valence-corrected chi connectivity index (χ3v) is 5.67. The minimum absolute atomic E-state index is 0.00261. The maximum atomic E-state index is 13.0. The van der Waals surface area contributed by atoms with E-state index in [9.17, 15) is 9.59 Å². The number of rotatable bonds is 10. The molecule has 0 aromatic heterocycles. The van der Waals surface area contributed by atoms with Crippen molar-refractivity contribution in [2.24, 2.45) is 11.8 Å². The molecule has 2 aromatic rings. The van der Waals surface area contributed by atoms with Gasteiger partial charge in [-0.2, -0.15) is 0 Å². The van der Waals surface area contributed by atoms with E-state index < -0.39 is 6.04 Å². The molecule has 0 aliphatic rings. The van der Waals surface area contributed by atoms with Crippen LogP contribution in [0.3, 0.4) is 0 Å². The van der Waals surface area contributed by atoms with Gasteiger partial charge in [0.05, 0.1) is 13.0 Å². The molecule has 3 atom stereocenters. The number of amides is 2. The first-order chi connectivity index (χ1) is 14.7. The fourth-order valence-electron chi connectivity index (χ4n) is 3.44. The predicted molar refractivity (Wildman–Crippen MR) is 126 cm³/mol.